The van der Waals surface area contributed by atoms with Crippen molar-refractivity contribution in [3.63, 3.8) is 0 Å². The van der Waals surface area contributed by atoms with Gasteiger partial charge < -0.3 is 5.43 Å². The third-order valence-electron chi connectivity index (χ3n) is 4.27. The fraction of sp³-hybridized carbons (Fsp3) is 0.684. The van der Waals surface area contributed by atoms with Crippen molar-refractivity contribution >= 4 is 22.7 Å². The second-order valence-corrected chi connectivity index (χ2v) is 6.83. The normalized spacial score (nSPS) is 18.9. The molecule has 0 aliphatic carbocycles. The predicted octanol–water partition coefficient (Wildman–Crippen LogP) is 4.48. The Labute approximate surface area is 151 Å². The van der Waals surface area contributed by atoms with Gasteiger partial charge in [-0.05, 0) is 37.3 Å². The lowest BCUT2D eigenvalue weighted by molar-refractivity contribution is 0.193. The van der Waals surface area contributed by atoms with Crippen LogP contribution in [0.1, 0.15) is 65.2 Å². The number of hydrazine groups is 1. The van der Waals surface area contributed by atoms with Crippen LogP contribution in [0.2, 0.25) is 0 Å². The number of rotatable bonds is 5. The second kappa shape index (κ2) is 10.5. The molecule has 1 saturated heterocycles. The van der Waals surface area contributed by atoms with Crippen molar-refractivity contribution in [3.05, 3.63) is 11.8 Å². The van der Waals surface area contributed by atoms with Crippen LogP contribution in [-0.4, -0.2) is 29.2 Å². The van der Waals surface area contributed by atoms with Crippen LogP contribution < -0.4 is 5.43 Å². The van der Waals surface area contributed by atoms with E-state index in [1.54, 1.807) is 6.20 Å². The summed E-state index contributed by atoms with van der Waals surface area (Å²) in [6.45, 7) is 6.53. The maximum Gasteiger partial charge on any atom is 0.224 e. The van der Waals surface area contributed by atoms with E-state index in [0.29, 0.717) is 12.3 Å². The third-order valence-corrected chi connectivity index (χ3v) is 4.45. The lowest BCUT2D eigenvalue weighted by Crippen LogP contribution is -2.45. The Morgan fingerprint density at radius 2 is 1.92 bits per heavy atom. The Hall–Kier alpha value is -1.31. The van der Waals surface area contributed by atoms with E-state index < -0.39 is 0 Å². The molecular formula is C19H29ClN4. The molecular weight excluding hydrogens is 320 g/mol. The predicted molar refractivity (Wildman–Crippen MR) is 103 cm³/mol. The van der Waals surface area contributed by atoms with Crippen LogP contribution in [0, 0.1) is 17.8 Å². The molecule has 0 amide bonds. The van der Waals surface area contributed by atoms with Gasteiger partial charge in [-0.3, -0.25) is 0 Å². The summed E-state index contributed by atoms with van der Waals surface area (Å²) in [4.78, 5) is 8.57. The molecule has 24 heavy (non-hydrogen) atoms. The van der Waals surface area contributed by atoms with Crippen LogP contribution in [0.3, 0.4) is 0 Å². The number of nitrogens with zero attached hydrogens (tertiary/aromatic N) is 3. The smallest absolute Gasteiger partial charge is 0.224 e. The number of piperidine rings is 1. The van der Waals surface area contributed by atoms with Gasteiger partial charge in [0.1, 0.15) is 5.84 Å². The van der Waals surface area contributed by atoms with Gasteiger partial charge in [-0.2, -0.15) is 0 Å². The van der Waals surface area contributed by atoms with Crippen molar-refractivity contribution < 1.29 is 0 Å². The maximum absolute atomic E-state index is 6.07. The summed E-state index contributed by atoms with van der Waals surface area (Å²) in [7, 11) is 0. The van der Waals surface area contributed by atoms with Crippen LogP contribution in [0.25, 0.3) is 0 Å². The zero-order valence-corrected chi connectivity index (χ0v) is 15.7. The van der Waals surface area contributed by atoms with E-state index in [2.05, 4.69) is 46.1 Å². The average molecular weight is 349 g/mol. The first-order valence-corrected chi connectivity index (χ1v) is 9.62. The summed E-state index contributed by atoms with van der Waals surface area (Å²) in [5, 5.41) is 2.49. The molecule has 1 N–H and O–H groups in total. The summed E-state index contributed by atoms with van der Waals surface area (Å²) in [5.74, 6) is 8.07. The van der Waals surface area contributed by atoms with Crippen molar-refractivity contribution in [2.45, 2.75) is 65.2 Å². The molecule has 0 aromatic carbocycles. The summed E-state index contributed by atoms with van der Waals surface area (Å²) in [6, 6.07) is 0. The van der Waals surface area contributed by atoms with Crippen LogP contribution in [-0.2, 0) is 0 Å². The van der Waals surface area contributed by atoms with Gasteiger partial charge >= 0.3 is 0 Å². The van der Waals surface area contributed by atoms with Gasteiger partial charge in [0, 0.05) is 37.2 Å². The Morgan fingerprint density at radius 1 is 1.21 bits per heavy atom. The Balaban J connectivity index is 2.02. The van der Waals surface area contributed by atoms with E-state index in [1.807, 2.05) is 0 Å². The quantitative estimate of drug-likeness (QED) is 0.588. The Kier molecular flexibility index (Phi) is 8.35. The zero-order chi connectivity index (χ0) is 17.2. The summed E-state index contributed by atoms with van der Waals surface area (Å²) < 4.78 is 0. The van der Waals surface area contributed by atoms with Gasteiger partial charge in [0.2, 0.25) is 5.29 Å². The van der Waals surface area contributed by atoms with Gasteiger partial charge in [-0.1, -0.05) is 45.0 Å². The first-order valence-electron chi connectivity index (χ1n) is 9.24. The van der Waals surface area contributed by atoms with E-state index >= 15 is 0 Å². The standard InChI is InChI=1S/C19H29ClN4/c1-3-8-16(9-4-2)10-11-17-14-18(22-19(20)21-15-17)23-24-12-6-5-7-13-24/h15-16H,3-9,12-14H2,1-2H3,(H,21,22,23). The molecule has 0 unspecified atom stereocenters. The molecule has 2 heterocycles. The molecule has 0 spiro atoms. The van der Waals surface area contributed by atoms with Crippen molar-refractivity contribution in [1.29, 1.82) is 0 Å². The topological polar surface area (TPSA) is 40.0 Å². The monoisotopic (exact) mass is 348 g/mol. The highest BCUT2D eigenvalue weighted by Gasteiger charge is 2.14. The number of amidine groups is 2. The van der Waals surface area contributed by atoms with E-state index in [9.17, 15) is 0 Å². The molecule has 2 aliphatic rings. The van der Waals surface area contributed by atoms with E-state index in [1.165, 1.54) is 32.1 Å². The third kappa shape index (κ3) is 6.67. The second-order valence-electron chi connectivity index (χ2n) is 6.49. The van der Waals surface area contributed by atoms with Gasteiger partial charge in [-0.25, -0.2) is 15.0 Å². The molecule has 0 radical (unpaired) electrons. The number of hydrogen-bond acceptors (Lipinski definition) is 4. The number of nitrogens with one attached hydrogen (secondary N) is 1. The molecule has 1 fully saturated rings. The zero-order valence-electron chi connectivity index (χ0n) is 14.9. The molecule has 0 aromatic heterocycles. The minimum absolute atomic E-state index is 0.268. The van der Waals surface area contributed by atoms with Crippen LogP contribution in [0.5, 0.6) is 0 Å². The number of halogens is 1. The minimum Gasteiger partial charge on any atom is -0.306 e. The summed E-state index contributed by atoms with van der Waals surface area (Å²) in [6.07, 6.45) is 10.8. The van der Waals surface area contributed by atoms with Gasteiger partial charge in [0.25, 0.3) is 0 Å². The highest BCUT2D eigenvalue weighted by Crippen LogP contribution is 2.14. The molecule has 5 heteroatoms. The fourth-order valence-electron chi connectivity index (χ4n) is 3.05. The largest absolute Gasteiger partial charge is 0.306 e. The van der Waals surface area contributed by atoms with Gasteiger partial charge in [-0.15, -0.1) is 0 Å². The maximum atomic E-state index is 6.07. The summed E-state index contributed by atoms with van der Waals surface area (Å²) in [5.41, 5.74) is 4.38. The molecule has 0 saturated carbocycles. The highest BCUT2D eigenvalue weighted by atomic mass is 35.5. The van der Waals surface area contributed by atoms with Crippen LogP contribution in [0.4, 0.5) is 0 Å². The lowest BCUT2D eigenvalue weighted by atomic mass is 9.98. The SMILES string of the molecule is CCCC(C#CC1=CN=C(Cl)N=C(NN2CCCCC2)C1)CCC. The average Bonchev–Trinajstić information content (AvgIpc) is 2.75. The first kappa shape index (κ1) is 19.0. The summed E-state index contributed by atoms with van der Waals surface area (Å²) >= 11 is 6.07. The number of aliphatic imine (C=N–C) groups is 2. The molecule has 2 rings (SSSR count). The van der Waals surface area contributed by atoms with Crippen molar-refractivity contribution in [3.8, 4) is 11.8 Å². The van der Waals surface area contributed by atoms with Gasteiger partial charge in [0.15, 0.2) is 0 Å². The molecule has 0 bridgehead atoms. The van der Waals surface area contributed by atoms with Gasteiger partial charge in [0.05, 0.1) is 0 Å². The number of hydrogen-bond donors (Lipinski definition) is 1. The highest BCUT2D eigenvalue weighted by molar-refractivity contribution is 6.65. The Morgan fingerprint density at radius 3 is 2.58 bits per heavy atom. The minimum atomic E-state index is 0.268. The molecule has 132 valence electrons. The van der Waals surface area contributed by atoms with Crippen molar-refractivity contribution in [2.75, 3.05) is 13.1 Å². The fourth-order valence-corrected chi connectivity index (χ4v) is 3.20. The molecule has 4 nitrogen and oxygen atoms in total. The lowest BCUT2D eigenvalue weighted by Gasteiger charge is -2.28. The van der Waals surface area contributed by atoms with Crippen LogP contribution in [0.15, 0.2) is 21.8 Å². The van der Waals surface area contributed by atoms with Crippen molar-refractivity contribution in [2.24, 2.45) is 15.9 Å². The van der Waals surface area contributed by atoms with Crippen molar-refractivity contribution in [1.82, 2.24) is 10.4 Å². The first-order chi connectivity index (χ1) is 11.7. The van der Waals surface area contributed by atoms with E-state index in [0.717, 1.165) is 37.3 Å². The Bertz CT molecular complexity index is 541. The van der Waals surface area contributed by atoms with Crippen LogP contribution >= 0.6 is 11.6 Å². The molecule has 2 aliphatic heterocycles. The molecule has 0 aromatic rings. The molecule has 0 atom stereocenters. The van der Waals surface area contributed by atoms with E-state index in [4.69, 9.17) is 11.6 Å². The van der Waals surface area contributed by atoms with E-state index in [-0.39, 0.29) is 5.29 Å².